The van der Waals surface area contributed by atoms with Crippen LogP contribution in [0, 0.1) is 5.92 Å². The number of nitrogens with zero attached hydrogens (tertiary/aromatic N) is 1. The molecular formula is C12H23NO2. The lowest BCUT2D eigenvalue weighted by molar-refractivity contribution is -0.142. The Kier molecular flexibility index (Phi) is 4.14. The van der Waals surface area contributed by atoms with Gasteiger partial charge < -0.3 is 10.0 Å². The second-order valence-corrected chi connectivity index (χ2v) is 4.92. The third-order valence-corrected chi connectivity index (χ3v) is 4.01. The SMILES string of the molecule is CCC1CCCCC1(CC(=O)O)N(C)C. The van der Waals surface area contributed by atoms with Crippen molar-refractivity contribution in [3.63, 3.8) is 0 Å². The number of hydrogen-bond acceptors (Lipinski definition) is 2. The highest BCUT2D eigenvalue weighted by Crippen LogP contribution is 2.41. The Bertz CT molecular complexity index is 228. The van der Waals surface area contributed by atoms with E-state index in [2.05, 4.69) is 11.8 Å². The van der Waals surface area contributed by atoms with Gasteiger partial charge in [0.15, 0.2) is 0 Å². The summed E-state index contributed by atoms with van der Waals surface area (Å²) in [6.45, 7) is 2.18. The summed E-state index contributed by atoms with van der Waals surface area (Å²) in [6.07, 6.45) is 6.02. The molecule has 88 valence electrons. The molecular weight excluding hydrogens is 190 g/mol. The number of aliphatic carboxylic acids is 1. The van der Waals surface area contributed by atoms with Crippen molar-refractivity contribution in [3.8, 4) is 0 Å². The van der Waals surface area contributed by atoms with E-state index in [4.69, 9.17) is 5.11 Å². The summed E-state index contributed by atoms with van der Waals surface area (Å²) < 4.78 is 0. The molecule has 0 radical (unpaired) electrons. The van der Waals surface area contributed by atoms with Gasteiger partial charge in [0.05, 0.1) is 6.42 Å². The van der Waals surface area contributed by atoms with E-state index in [9.17, 15) is 4.79 Å². The van der Waals surface area contributed by atoms with Crippen LogP contribution < -0.4 is 0 Å². The monoisotopic (exact) mass is 213 g/mol. The minimum absolute atomic E-state index is 0.0984. The quantitative estimate of drug-likeness (QED) is 0.779. The van der Waals surface area contributed by atoms with Gasteiger partial charge in [-0.05, 0) is 32.9 Å². The Morgan fingerprint density at radius 2 is 2.13 bits per heavy atom. The molecule has 0 aromatic rings. The van der Waals surface area contributed by atoms with Gasteiger partial charge >= 0.3 is 5.97 Å². The van der Waals surface area contributed by atoms with Crippen molar-refractivity contribution in [2.75, 3.05) is 14.1 Å². The first kappa shape index (κ1) is 12.5. The summed E-state index contributed by atoms with van der Waals surface area (Å²) in [5, 5.41) is 9.07. The predicted octanol–water partition coefficient (Wildman–Crippen LogP) is 2.36. The van der Waals surface area contributed by atoms with Crippen molar-refractivity contribution < 1.29 is 9.90 Å². The van der Waals surface area contributed by atoms with Crippen LogP contribution in [0.1, 0.15) is 45.4 Å². The third-order valence-electron chi connectivity index (χ3n) is 4.01. The van der Waals surface area contributed by atoms with Crippen LogP contribution >= 0.6 is 0 Å². The molecule has 0 spiro atoms. The van der Waals surface area contributed by atoms with E-state index in [1.165, 1.54) is 19.3 Å². The first-order chi connectivity index (χ1) is 7.03. The normalized spacial score (nSPS) is 31.9. The smallest absolute Gasteiger partial charge is 0.305 e. The summed E-state index contributed by atoms with van der Waals surface area (Å²) in [6, 6.07) is 0. The molecule has 3 heteroatoms. The van der Waals surface area contributed by atoms with Gasteiger partial charge in [0.2, 0.25) is 0 Å². The first-order valence-electron chi connectivity index (χ1n) is 5.92. The predicted molar refractivity (Wildman–Crippen MR) is 60.9 cm³/mol. The Morgan fingerprint density at radius 1 is 1.47 bits per heavy atom. The van der Waals surface area contributed by atoms with Crippen molar-refractivity contribution in [2.24, 2.45) is 5.92 Å². The maximum Gasteiger partial charge on any atom is 0.305 e. The molecule has 0 saturated heterocycles. The molecule has 1 fully saturated rings. The Balaban J connectivity index is 2.89. The fraction of sp³-hybridized carbons (Fsp3) is 0.917. The lowest BCUT2D eigenvalue weighted by Gasteiger charge is -2.48. The van der Waals surface area contributed by atoms with Crippen molar-refractivity contribution in [1.29, 1.82) is 0 Å². The number of carboxylic acid groups (broad SMARTS) is 1. The summed E-state index contributed by atoms with van der Waals surface area (Å²) >= 11 is 0. The number of carboxylic acids is 1. The van der Waals surface area contributed by atoms with Crippen molar-refractivity contribution in [2.45, 2.75) is 51.0 Å². The molecule has 1 rings (SSSR count). The minimum Gasteiger partial charge on any atom is -0.481 e. The zero-order valence-corrected chi connectivity index (χ0v) is 10.1. The van der Waals surface area contributed by atoms with Crippen LogP contribution in [-0.2, 0) is 4.79 Å². The van der Waals surface area contributed by atoms with E-state index in [-0.39, 0.29) is 5.54 Å². The van der Waals surface area contributed by atoms with E-state index >= 15 is 0 Å². The zero-order chi connectivity index (χ0) is 11.5. The zero-order valence-electron chi connectivity index (χ0n) is 10.1. The Morgan fingerprint density at radius 3 is 2.60 bits per heavy atom. The van der Waals surface area contributed by atoms with Crippen LogP contribution in [0.15, 0.2) is 0 Å². The van der Waals surface area contributed by atoms with E-state index in [1.54, 1.807) is 0 Å². The number of carbonyl (C=O) groups is 1. The van der Waals surface area contributed by atoms with Crippen LogP contribution in [0.3, 0.4) is 0 Å². The topological polar surface area (TPSA) is 40.5 Å². The fourth-order valence-electron chi connectivity index (χ4n) is 3.12. The summed E-state index contributed by atoms with van der Waals surface area (Å²) in [5.74, 6) is -0.124. The molecule has 3 nitrogen and oxygen atoms in total. The summed E-state index contributed by atoms with van der Waals surface area (Å²) in [4.78, 5) is 13.2. The summed E-state index contributed by atoms with van der Waals surface area (Å²) in [5.41, 5.74) is -0.0984. The Hall–Kier alpha value is -0.570. The largest absolute Gasteiger partial charge is 0.481 e. The Labute approximate surface area is 92.5 Å². The van der Waals surface area contributed by atoms with E-state index in [1.807, 2.05) is 14.1 Å². The molecule has 2 unspecified atom stereocenters. The molecule has 1 saturated carbocycles. The lowest BCUT2D eigenvalue weighted by Crippen LogP contribution is -2.53. The van der Waals surface area contributed by atoms with Crippen molar-refractivity contribution >= 4 is 5.97 Å². The van der Waals surface area contributed by atoms with Gasteiger partial charge in [0, 0.05) is 5.54 Å². The van der Waals surface area contributed by atoms with Crippen molar-refractivity contribution in [3.05, 3.63) is 0 Å². The maximum absolute atomic E-state index is 11.0. The van der Waals surface area contributed by atoms with Gasteiger partial charge in [0.1, 0.15) is 0 Å². The molecule has 0 aliphatic heterocycles. The van der Waals surface area contributed by atoms with Gasteiger partial charge in [-0.2, -0.15) is 0 Å². The molecule has 1 aliphatic carbocycles. The second kappa shape index (κ2) is 4.97. The van der Waals surface area contributed by atoms with Gasteiger partial charge in [-0.25, -0.2) is 0 Å². The molecule has 0 aromatic heterocycles. The molecule has 0 aromatic carbocycles. The summed E-state index contributed by atoms with van der Waals surface area (Å²) in [7, 11) is 4.05. The third kappa shape index (κ3) is 2.51. The van der Waals surface area contributed by atoms with E-state index in [0.29, 0.717) is 12.3 Å². The van der Waals surface area contributed by atoms with Crippen LogP contribution in [0.25, 0.3) is 0 Å². The first-order valence-corrected chi connectivity index (χ1v) is 5.92. The average molecular weight is 213 g/mol. The van der Waals surface area contributed by atoms with Crippen molar-refractivity contribution in [1.82, 2.24) is 4.90 Å². The van der Waals surface area contributed by atoms with Gasteiger partial charge in [0.25, 0.3) is 0 Å². The molecule has 2 atom stereocenters. The van der Waals surface area contributed by atoms with Crippen LogP contribution in [0.2, 0.25) is 0 Å². The molecule has 0 bridgehead atoms. The maximum atomic E-state index is 11.0. The minimum atomic E-state index is -0.663. The second-order valence-electron chi connectivity index (χ2n) is 4.92. The van der Waals surface area contributed by atoms with Gasteiger partial charge in [-0.3, -0.25) is 4.79 Å². The highest BCUT2D eigenvalue weighted by Gasteiger charge is 2.43. The van der Waals surface area contributed by atoms with Crippen LogP contribution in [0.4, 0.5) is 0 Å². The molecule has 1 aliphatic rings. The van der Waals surface area contributed by atoms with Crippen LogP contribution in [0.5, 0.6) is 0 Å². The van der Waals surface area contributed by atoms with Crippen LogP contribution in [-0.4, -0.2) is 35.6 Å². The number of rotatable bonds is 4. The lowest BCUT2D eigenvalue weighted by atomic mass is 9.69. The molecule has 0 heterocycles. The molecule has 15 heavy (non-hydrogen) atoms. The highest BCUT2D eigenvalue weighted by molar-refractivity contribution is 5.68. The number of hydrogen-bond donors (Lipinski definition) is 1. The molecule has 1 N–H and O–H groups in total. The standard InChI is InChI=1S/C12H23NO2/c1-4-10-7-5-6-8-12(10,13(2)3)9-11(14)15/h10H,4-9H2,1-3H3,(H,14,15). The van der Waals surface area contributed by atoms with E-state index < -0.39 is 5.97 Å². The highest BCUT2D eigenvalue weighted by atomic mass is 16.4. The van der Waals surface area contributed by atoms with Gasteiger partial charge in [-0.15, -0.1) is 0 Å². The molecule has 0 amide bonds. The van der Waals surface area contributed by atoms with Gasteiger partial charge in [-0.1, -0.05) is 26.2 Å². The van der Waals surface area contributed by atoms with E-state index in [0.717, 1.165) is 12.8 Å². The average Bonchev–Trinajstić information content (AvgIpc) is 2.17. The fourth-order valence-corrected chi connectivity index (χ4v) is 3.12.